The Balaban J connectivity index is 4.45. The third kappa shape index (κ3) is 3.64. The predicted octanol–water partition coefficient (Wildman–Crippen LogP) is 0.977. The molecule has 0 aromatic carbocycles. The Bertz CT molecular complexity index is 192. The Morgan fingerprint density at radius 2 is 1.86 bits per heavy atom. The van der Waals surface area contributed by atoms with Crippen LogP contribution in [-0.2, 0) is 4.79 Å². The van der Waals surface area contributed by atoms with Gasteiger partial charge in [-0.25, -0.2) is 0 Å². The van der Waals surface area contributed by atoms with Gasteiger partial charge in [-0.15, -0.1) is 0 Å². The highest BCUT2D eigenvalue weighted by Crippen LogP contribution is 2.30. The van der Waals surface area contributed by atoms with Crippen LogP contribution < -0.4 is 5.73 Å². The van der Waals surface area contributed by atoms with Gasteiger partial charge < -0.3 is 15.9 Å². The van der Waals surface area contributed by atoms with Gasteiger partial charge in [0.05, 0.1) is 11.0 Å². The molecule has 14 heavy (non-hydrogen) atoms. The smallest absolute Gasteiger partial charge is 0.310 e. The average Bonchev–Trinajstić information content (AvgIpc) is 2.04. The van der Waals surface area contributed by atoms with Gasteiger partial charge in [0.25, 0.3) is 0 Å². The molecule has 0 bridgehead atoms. The molecule has 0 aliphatic carbocycles. The molecule has 0 heterocycles. The van der Waals surface area contributed by atoms with Crippen LogP contribution in [0.4, 0.5) is 0 Å². The Hall–Kier alpha value is -0.610. The normalized spacial score (nSPS) is 16.4. The van der Waals surface area contributed by atoms with Crippen molar-refractivity contribution in [1.29, 1.82) is 0 Å². The van der Waals surface area contributed by atoms with Gasteiger partial charge in [-0.05, 0) is 33.1 Å². The average molecular weight is 203 g/mol. The molecule has 0 aliphatic heterocycles. The zero-order valence-electron chi connectivity index (χ0n) is 9.21. The van der Waals surface area contributed by atoms with E-state index in [1.54, 1.807) is 13.8 Å². The predicted molar refractivity (Wildman–Crippen MR) is 54.9 cm³/mol. The Labute approximate surface area is 85.1 Å². The fourth-order valence-corrected chi connectivity index (χ4v) is 1.31. The highest BCUT2D eigenvalue weighted by atomic mass is 16.4. The molecule has 0 aliphatic rings. The highest BCUT2D eigenvalue weighted by Gasteiger charge is 2.36. The highest BCUT2D eigenvalue weighted by molar-refractivity contribution is 5.74. The SMILES string of the molecule is CCC(CN)(CCC(C)(C)O)C(=O)O. The largest absolute Gasteiger partial charge is 0.481 e. The number of rotatable bonds is 6. The lowest BCUT2D eigenvalue weighted by Crippen LogP contribution is -2.39. The maximum atomic E-state index is 11.0. The van der Waals surface area contributed by atoms with E-state index < -0.39 is 17.0 Å². The summed E-state index contributed by atoms with van der Waals surface area (Å²) in [5, 5.41) is 18.6. The maximum absolute atomic E-state index is 11.0. The van der Waals surface area contributed by atoms with Crippen LogP contribution in [0.25, 0.3) is 0 Å². The minimum atomic E-state index is -0.875. The van der Waals surface area contributed by atoms with Crippen molar-refractivity contribution in [2.24, 2.45) is 11.1 Å². The Kier molecular flexibility index (Phi) is 4.55. The zero-order chi connectivity index (χ0) is 11.4. The Morgan fingerprint density at radius 1 is 1.36 bits per heavy atom. The Morgan fingerprint density at radius 3 is 2.07 bits per heavy atom. The van der Waals surface area contributed by atoms with Gasteiger partial charge in [-0.3, -0.25) is 4.79 Å². The monoisotopic (exact) mass is 203 g/mol. The molecule has 0 radical (unpaired) electrons. The number of nitrogens with two attached hydrogens (primary N) is 1. The fourth-order valence-electron chi connectivity index (χ4n) is 1.31. The minimum Gasteiger partial charge on any atom is -0.481 e. The molecule has 4 nitrogen and oxygen atoms in total. The van der Waals surface area contributed by atoms with Crippen molar-refractivity contribution in [3.8, 4) is 0 Å². The van der Waals surface area contributed by atoms with E-state index in [1.165, 1.54) is 0 Å². The number of carboxylic acid groups (broad SMARTS) is 1. The molecule has 4 N–H and O–H groups in total. The van der Waals surface area contributed by atoms with Gasteiger partial charge in [-0.2, -0.15) is 0 Å². The quantitative estimate of drug-likeness (QED) is 0.600. The van der Waals surface area contributed by atoms with Crippen LogP contribution in [0.1, 0.15) is 40.0 Å². The summed E-state index contributed by atoms with van der Waals surface area (Å²) in [4.78, 5) is 11.0. The van der Waals surface area contributed by atoms with E-state index in [9.17, 15) is 9.90 Å². The molecular weight excluding hydrogens is 182 g/mol. The van der Waals surface area contributed by atoms with E-state index in [0.29, 0.717) is 19.3 Å². The van der Waals surface area contributed by atoms with Crippen molar-refractivity contribution in [2.45, 2.75) is 45.6 Å². The molecule has 1 unspecified atom stereocenters. The van der Waals surface area contributed by atoms with Crippen LogP contribution in [0, 0.1) is 5.41 Å². The lowest BCUT2D eigenvalue weighted by Gasteiger charge is -2.29. The molecule has 0 spiro atoms. The standard InChI is InChI=1S/C10H21NO3/c1-4-10(7-11,8(12)13)6-5-9(2,3)14/h14H,4-7,11H2,1-3H3,(H,12,13). The van der Waals surface area contributed by atoms with Crippen LogP contribution in [0.15, 0.2) is 0 Å². The van der Waals surface area contributed by atoms with Gasteiger partial charge in [0.1, 0.15) is 0 Å². The summed E-state index contributed by atoms with van der Waals surface area (Å²) >= 11 is 0. The molecule has 0 amide bonds. The second-order valence-corrected chi connectivity index (χ2v) is 4.46. The number of carbonyl (C=O) groups is 1. The molecule has 0 rings (SSSR count). The third-order valence-electron chi connectivity index (χ3n) is 2.74. The summed E-state index contributed by atoms with van der Waals surface area (Å²) in [5.74, 6) is -0.869. The van der Waals surface area contributed by atoms with Crippen LogP contribution in [0.5, 0.6) is 0 Å². The summed E-state index contributed by atoms with van der Waals surface area (Å²) in [6, 6.07) is 0. The maximum Gasteiger partial charge on any atom is 0.310 e. The summed E-state index contributed by atoms with van der Waals surface area (Å²) in [7, 11) is 0. The number of hydrogen-bond donors (Lipinski definition) is 3. The molecular formula is C10H21NO3. The zero-order valence-corrected chi connectivity index (χ0v) is 9.21. The van der Waals surface area contributed by atoms with Gasteiger partial charge in [0.15, 0.2) is 0 Å². The summed E-state index contributed by atoms with van der Waals surface area (Å²) < 4.78 is 0. The van der Waals surface area contributed by atoms with Gasteiger partial charge >= 0.3 is 5.97 Å². The first-order valence-corrected chi connectivity index (χ1v) is 4.93. The van der Waals surface area contributed by atoms with Crippen molar-refractivity contribution in [2.75, 3.05) is 6.54 Å². The number of carboxylic acids is 1. The molecule has 0 fully saturated rings. The third-order valence-corrected chi connectivity index (χ3v) is 2.74. The lowest BCUT2D eigenvalue weighted by molar-refractivity contribution is -0.149. The van der Waals surface area contributed by atoms with E-state index in [1.807, 2.05) is 6.92 Å². The summed E-state index contributed by atoms with van der Waals surface area (Å²) in [5.41, 5.74) is 3.78. The first kappa shape index (κ1) is 13.4. The van der Waals surface area contributed by atoms with Crippen molar-refractivity contribution in [3.63, 3.8) is 0 Å². The number of aliphatic carboxylic acids is 1. The fraction of sp³-hybridized carbons (Fsp3) is 0.900. The van der Waals surface area contributed by atoms with E-state index in [-0.39, 0.29) is 6.54 Å². The van der Waals surface area contributed by atoms with E-state index in [2.05, 4.69) is 0 Å². The van der Waals surface area contributed by atoms with Crippen LogP contribution >= 0.6 is 0 Å². The van der Waals surface area contributed by atoms with Crippen molar-refractivity contribution < 1.29 is 15.0 Å². The van der Waals surface area contributed by atoms with Crippen molar-refractivity contribution >= 4 is 5.97 Å². The van der Waals surface area contributed by atoms with Crippen LogP contribution in [-0.4, -0.2) is 28.3 Å². The second kappa shape index (κ2) is 4.75. The molecule has 0 saturated carbocycles. The summed E-state index contributed by atoms with van der Waals surface area (Å²) in [6.07, 6.45) is 1.36. The first-order chi connectivity index (χ1) is 6.27. The van der Waals surface area contributed by atoms with Crippen molar-refractivity contribution in [3.05, 3.63) is 0 Å². The van der Waals surface area contributed by atoms with Gasteiger partial charge in [0.2, 0.25) is 0 Å². The van der Waals surface area contributed by atoms with Gasteiger partial charge in [-0.1, -0.05) is 6.92 Å². The lowest BCUT2D eigenvalue weighted by atomic mass is 9.78. The van der Waals surface area contributed by atoms with Crippen LogP contribution in [0.3, 0.4) is 0 Å². The second-order valence-electron chi connectivity index (χ2n) is 4.46. The molecule has 0 aromatic rings. The minimum absolute atomic E-state index is 0.120. The van der Waals surface area contributed by atoms with Gasteiger partial charge in [0, 0.05) is 6.54 Å². The number of aliphatic hydroxyl groups is 1. The first-order valence-electron chi connectivity index (χ1n) is 4.93. The number of hydrogen-bond acceptors (Lipinski definition) is 3. The molecule has 84 valence electrons. The van der Waals surface area contributed by atoms with Crippen molar-refractivity contribution in [1.82, 2.24) is 0 Å². The molecule has 0 aromatic heterocycles. The topological polar surface area (TPSA) is 83.5 Å². The molecule has 4 heteroatoms. The molecule has 0 saturated heterocycles. The summed E-state index contributed by atoms with van der Waals surface area (Å²) in [6.45, 7) is 5.28. The molecule has 1 atom stereocenters. The van der Waals surface area contributed by atoms with Crippen LogP contribution in [0.2, 0.25) is 0 Å². The van der Waals surface area contributed by atoms with E-state index >= 15 is 0 Å². The van der Waals surface area contributed by atoms with E-state index in [0.717, 1.165) is 0 Å². The van der Waals surface area contributed by atoms with E-state index in [4.69, 9.17) is 10.8 Å².